The fourth-order valence-electron chi connectivity index (χ4n) is 1.57. The third-order valence-electron chi connectivity index (χ3n) is 2.47. The zero-order valence-corrected chi connectivity index (χ0v) is 10.4. The predicted octanol–water partition coefficient (Wildman–Crippen LogP) is 2.81. The maximum absolute atomic E-state index is 5.94. The Kier molecular flexibility index (Phi) is 4.78. The molecule has 0 saturated heterocycles. The van der Waals surface area contributed by atoms with E-state index in [1.807, 2.05) is 0 Å². The largest absolute Gasteiger partial charge is 0.297 e. The number of hydrogen-bond acceptors (Lipinski definition) is 4. The monoisotopic (exact) mass is 233 g/mol. The summed E-state index contributed by atoms with van der Waals surface area (Å²) in [5, 5.41) is 4.00. The van der Waals surface area contributed by atoms with Gasteiger partial charge in [0.2, 0.25) is 0 Å². The lowest BCUT2D eigenvalue weighted by molar-refractivity contribution is 0.219. The molecule has 1 heterocycles. The lowest BCUT2D eigenvalue weighted by Gasteiger charge is -2.24. The zero-order valence-electron chi connectivity index (χ0n) is 8.83. The Hall–Kier alpha value is -0.190. The van der Waals surface area contributed by atoms with Crippen molar-refractivity contribution in [1.29, 1.82) is 0 Å². The van der Waals surface area contributed by atoms with Gasteiger partial charge in [0.25, 0.3) is 0 Å². The fraction of sp³-hybridized carbons (Fsp3) is 0.778. The van der Waals surface area contributed by atoms with Crippen LogP contribution in [0.15, 0.2) is 0 Å². The molecular formula is C9H16ClN3S. The van der Waals surface area contributed by atoms with Gasteiger partial charge < -0.3 is 0 Å². The Labute approximate surface area is 94.2 Å². The molecule has 1 rings (SSSR count). The van der Waals surface area contributed by atoms with Crippen LogP contribution in [0, 0.1) is 0 Å². The molecule has 14 heavy (non-hydrogen) atoms. The van der Waals surface area contributed by atoms with Gasteiger partial charge in [-0.05, 0) is 19.9 Å². The third-order valence-corrected chi connectivity index (χ3v) is 3.46. The van der Waals surface area contributed by atoms with E-state index in [9.17, 15) is 0 Å². The SMILES string of the molecule is CCC(CC)N(C)Cc1nnsc1Cl. The summed E-state index contributed by atoms with van der Waals surface area (Å²) in [7, 11) is 2.10. The van der Waals surface area contributed by atoms with Crippen LogP contribution in [0.1, 0.15) is 32.4 Å². The summed E-state index contributed by atoms with van der Waals surface area (Å²) in [5.41, 5.74) is 0.895. The van der Waals surface area contributed by atoms with Crippen LogP contribution in [0.4, 0.5) is 0 Å². The molecule has 0 radical (unpaired) electrons. The molecule has 0 spiro atoms. The van der Waals surface area contributed by atoms with Gasteiger partial charge in [-0.2, -0.15) is 0 Å². The minimum absolute atomic E-state index is 0.604. The van der Waals surface area contributed by atoms with Gasteiger partial charge in [-0.25, -0.2) is 0 Å². The van der Waals surface area contributed by atoms with Crippen LogP contribution >= 0.6 is 23.1 Å². The molecule has 5 heteroatoms. The fourth-order valence-corrected chi connectivity index (χ4v) is 2.18. The molecule has 0 saturated carbocycles. The summed E-state index contributed by atoms with van der Waals surface area (Å²) in [6, 6.07) is 0.604. The lowest BCUT2D eigenvalue weighted by Crippen LogP contribution is -2.30. The molecular weight excluding hydrogens is 218 g/mol. The van der Waals surface area contributed by atoms with Crippen molar-refractivity contribution in [3.8, 4) is 0 Å². The highest BCUT2D eigenvalue weighted by molar-refractivity contribution is 7.10. The van der Waals surface area contributed by atoms with E-state index < -0.39 is 0 Å². The van der Waals surface area contributed by atoms with Crippen LogP contribution in [0.2, 0.25) is 4.34 Å². The van der Waals surface area contributed by atoms with Crippen molar-refractivity contribution in [2.45, 2.75) is 39.3 Å². The molecule has 0 aliphatic carbocycles. The molecule has 80 valence electrons. The van der Waals surface area contributed by atoms with Gasteiger partial charge in [0.15, 0.2) is 0 Å². The van der Waals surface area contributed by atoms with E-state index in [0.717, 1.165) is 25.1 Å². The molecule has 1 aromatic heterocycles. The number of aromatic nitrogens is 2. The van der Waals surface area contributed by atoms with Gasteiger partial charge in [0.05, 0.1) is 0 Å². The Morgan fingerprint density at radius 2 is 2.07 bits per heavy atom. The molecule has 3 nitrogen and oxygen atoms in total. The van der Waals surface area contributed by atoms with Crippen LogP contribution < -0.4 is 0 Å². The molecule has 0 bridgehead atoms. The van der Waals surface area contributed by atoms with Crippen LogP contribution in [-0.4, -0.2) is 27.6 Å². The van der Waals surface area contributed by atoms with Crippen molar-refractivity contribution in [1.82, 2.24) is 14.5 Å². The highest BCUT2D eigenvalue weighted by Crippen LogP contribution is 2.20. The average Bonchev–Trinajstić information content (AvgIpc) is 2.54. The van der Waals surface area contributed by atoms with E-state index in [-0.39, 0.29) is 0 Å². The van der Waals surface area contributed by atoms with Crippen molar-refractivity contribution >= 4 is 23.1 Å². The molecule has 0 aromatic carbocycles. The summed E-state index contributed by atoms with van der Waals surface area (Å²) < 4.78 is 4.53. The Morgan fingerprint density at radius 1 is 1.43 bits per heavy atom. The molecule has 0 amide bonds. The molecule has 0 N–H and O–H groups in total. The van der Waals surface area contributed by atoms with Crippen LogP contribution in [0.3, 0.4) is 0 Å². The van der Waals surface area contributed by atoms with Crippen molar-refractivity contribution in [3.63, 3.8) is 0 Å². The van der Waals surface area contributed by atoms with Crippen molar-refractivity contribution < 1.29 is 0 Å². The van der Waals surface area contributed by atoms with Gasteiger partial charge in [-0.3, -0.25) is 4.90 Å². The highest BCUT2D eigenvalue weighted by atomic mass is 35.5. The Bertz CT molecular complexity index is 273. The number of halogens is 1. The Balaban J connectivity index is 2.56. The molecule has 0 atom stereocenters. The van der Waals surface area contributed by atoms with Gasteiger partial charge in [-0.1, -0.05) is 29.9 Å². The quantitative estimate of drug-likeness (QED) is 0.783. The first kappa shape index (κ1) is 11.9. The van der Waals surface area contributed by atoms with Crippen molar-refractivity contribution in [2.75, 3.05) is 7.05 Å². The van der Waals surface area contributed by atoms with Gasteiger partial charge in [0, 0.05) is 24.1 Å². The molecule has 0 aliphatic heterocycles. The Morgan fingerprint density at radius 3 is 2.50 bits per heavy atom. The van der Waals surface area contributed by atoms with E-state index in [4.69, 9.17) is 11.6 Å². The highest BCUT2D eigenvalue weighted by Gasteiger charge is 2.14. The topological polar surface area (TPSA) is 29.0 Å². The van der Waals surface area contributed by atoms with Gasteiger partial charge >= 0.3 is 0 Å². The third kappa shape index (κ3) is 2.90. The van der Waals surface area contributed by atoms with Gasteiger partial charge in [-0.15, -0.1) is 5.10 Å². The first-order valence-electron chi connectivity index (χ1n) is 4.86. The lowest BCUT2D eigenvalue weighted by atomic mass is 10.1. The summed E-state index contributed by atoms with van der Waals surface area (Å²) in [5.74, 6) is 0. The van der Waals surface area contributed by atoms with E-state index in [1.165, 1.54) is 11.5 Å². The van der Waals surface area contributed by atoms with Crippen LogP contribution in [0.5, 0.6) is 0 Å². The summed E-state index contributed by atoms with van der Waals surface area (Å²) in [6.07, 6.45) is 2.31. The number of hydrogen-bond donors (Lipinski definition) is 0. The second-order valence-electron chi connectivity index (χ2n) is 3.38. The van der Waals surface area contributed by atoms with Crippen LogP contribution in [0.25, 0.3) is 0 Å². The molecule has 0 unspecified atom stereocenters. The van der Waals surface area contributed by atoms with Crippen molar-refractivity contribution in [2.24, 2.45) is 0 Å². The minimum Gasteiger partial charge on any atom is -0.297 e. The van der Waals surface area contributed by atoms with E-state index in [2.05, 4.69) is 35.4 Å². The molecule has 1 aromatic rings. The first-order valence-corrected chi connectivity index (χ1v) is 6.01. The molecule has 0 aliphatic rings. The van der Waals surface area contributed by atoms with Crippen LogP contribution in [-0.2, 0) is 6.54 Å². The number of nitrogens with zero attached hydrogens (tertiary/aromatic N) is 3. The van der Waals surface area contributed by atoms with E-state index >= 15 is 0 Å². The zero-order chi connectivity index (χ0) is 10.6. The van der Waals surface area contributed by atoms with Gasteiger partial charge in [0.1, 0.15) is 10.0 Å². The average molecular weight is 234 g/mol. The maximum atomic E-state index is 5.94. The van der Waals surface area contributed by atoms with E-state index in [0.29, 0.717) is 10.4 Å². The first-order chi connectivity index (χ1) is 6.69. The second-order valence-corrected chi connectivity index (χ2v) is 4.73. The number of rotatable bonds is 5. The maximum Gasteiger partial charge on any atom is 0.138 e. The predicted molar refractivity (Wildman–Crippen MR) is 60.8 cm³/mol. The van der Waals surface area contributed by atoms with E-state index in [1.54, 1.807) is 0 Å². The summed E-state index contributed by atoms with van der Waals surface area (Å²) in [4.78, 5) is 2.28. The normalized spacial score (nSPS) is 11.6. The second kappa shape index (κ2) is 5.63. The molecule has 0 fully saturated rings. The van der Waals surface area contributed by atoms with Crippen molar-refractivity contribution in [3.05, 3.63) is 10.0 Å². The summed E-state index contributed by atoms with van der Waals surface area (Å²) >= 11 is 7.19. The standard InChI is InChI=1S/C9H16ClN3S/c1-4-7(5-2)13(3)6-8-9(10)14-12-11-8/h7H,4-6H2,1-3H3. The minimum atomic E-state index is 0.604. The summed E-state index contributed by atoms with van der Waals surface area (Å²) in [6.45, 7) is 5.19. The smallest absolute Gasteiger partial charge is 0.138 e.